The zero-order chi connectivity index (χ0) is 21.3. The standard InChI is InChI=1S/C22H21F2N3O3/c1-30-19(28)12-15-2-4-18(5-3-15)27-9-6-16-13-17(14-25-20(16)27)21(29)26-10-7-22(23,24)8-11-26/h2-6,9,13-14H,7-8,10-12H2,1H3. The van der Waals surface area contributed by atoms with Gasteiger partial charge in [0.05, 0.1) is 19.1 Å². The molecule has 1 aliphatic rings. The lowest BCUT2D eigenvalue weighted by atomic mass is 10.1. The van der Waals surface area contributed by atoms with Gasteiger partial charge in [0, 0.05) is 49.4 Å². The molecule has 1 aliphatic heterocycles. The smallest absolute Gasteiger partial charge is 0.309 e. The quantitative estimate of drug-likeness (QED) is 0.613. The number of rotatable bonds is 4. The summed E-state index contributed by atoms with van der Waals surface area (Å²) in [5.74, 6) is -3.27. The van der Waals surface area contributed by atoms with Gasteiger partial charge >= 0.3 is 5.97 Å². The zero-order valence-corrected chi connectivity index (χ0v) is 16.5. The fraction of sp³-hybridized carbons (Fsp3) is 0.318. The molecule has 0 radical (unpaired) electrons. The maximum atomic E-state index is 13.3. The summed E-state index contributed by atoms with van der Waals surface area (Å²) in [5, 5.41) is 0.779. The summed E-state index contributed by atoms with van der Waals surface area (Å²) in [7, 11) is 1.36. The first-order valence-corrected chi connectivity index (χ1v) is 9.67. The van der Waals surface area contributed by atoms with Gasteiger partial charge in [-0.15, -0.1) is 0 Å². The predicted molar refractivity (Wildman–Crippen MR) is 107 cm³/mol. The normalized spacial score (nSPS) is 15.9. The van der Waals surface area contributed by atoms with Gasteiger partial charge in [-0.1, -0.05) is 12.1 Å². The van der Waals surface area contributed by atoms with Gasteiger partial charge in [0.25, 0.3) is 11.8 Å². The molecule has 1 saturated heterocycles. The van der Waals surface area contributed by atoms with Crippen LogP contribution in [0.25, 0.3) is 16.7 Å². The Morgan fingerprint density at radius 1 is 1.13 bits per heavy atom. The summed E-state index contributed by atoms with van der Waals surface area (Å²) < 4.78 is 33.2. The fourth-order valence-corrected chi connectivity index (χ4v) is 3.58. The number of benzene rings is 1. The second kappa shape index (κ2) is 7.85. The Labute approximate surface area is 172 Å². The Bertz CT molecular complexity index is 1080. The van der Waals surface area contributed by atoms with Crippen LogP contribution in [0.1, 0.15) is 28.8 Å². The summed E-state index contributed by atoms with van der Waals surface area (Å²) in [4.78, 5) is 30.0. The van der Waals surface area contributed by atoms with Crippen molar-refractivity contribution in [2.24, 2.45) is 0 Å². The molecule has 8 heteroatoms. The van der Waals surface area contributed by atoms with E-state index in [4.69, 9.17) is 0 Å². The number of carbonyl (C=O) groups excluding carboxylic acids is 2. The Morgan fingerprint density at radius 2 is 1.83 bits per heavy atom. The van der Waals surface area contributed by atoms with Crippen LogP contribution in [-0.2, 0) is 16.0 Å². The van der Waals surface area contributed by atoms with Crippen LogP contribution in [0.5, 0.6) is 0 Å². The number of pyridine rings is 1. The topological polar surface area (TPSA) is 64.4 Å². The highest BCUT2D eigenvalue weighted by Crippen LogP contribution is 2.29. The van der Waals surface area contributed by atoms with Gasteiger partial charge in [0.2, 0.25) is 0 Å². The minimum atomic E-state index is -2.69. The number of nitrogens with zero attached hydrogens (tertiary/aromatic N) is 3. The lowest BCUT2D eigenvalue weighted by molar-refractivity contribution is -0.139. The summed E-state index contributed by atoms with van der Waals surface area (Å²) in [5.41, 5.74) is 2.77. The van der Waals surface area contributed by atoms with E-state index in [0.717, 1.165) is 16.6 Å². The van der Waals surface area contributed by atoms with E-state index in [2.05, 4.69) is 9.72 Å². The molecule has 3 heterocycles. The molecule has 2 aromatic heterocycles. The van der Waals surface area contributed by atoms with Gasteiger partial charge in [-0.3, -0.25) is 9.59 Å². The number of piperidine rings is 1. The molecule has 1 aromatic carbocycles. The number of amides is 1. The number of methoxy groups -OCH3 is 1. The molecule has 0 bridgehead atoms. The highest BCUT2D eigenvalue weighted by Gasteiger charge is 2.35. The molecule has 0 unspecified atom stereocenters. The van der Waals surface area contributed by atoms with Crippen molar-refractivity contribution in [3.05, 3.63) is 59.9 Å². The number of esters is 1. The molecule has 6 nitrogen and oxygen atoms in total. The van der Waals surface area contributed by atoms with Gasteiger partial charge in [-0.25, -0.2) is 13.8 Å². The highest BCUT2D eigenvalue weighted by molar-refractivity contribution is 5.97. The summed E-state index contributed by atoms with van der Waals surface area (Å²) in [6, 6.07) is 11.0. The van der Waals surface area contributed by atoms with Crippen molar-refractivity contribution in [2.45, 2.75) is 25.2 Å². The summed E-state index contributed by atoms with van der Waals surface area (Å²) in [6.07, 6.45) is 2.92. The maximum absolute atomic E-state index is 13.3. The summed E-state index contributed by atoms with van der Waals surface area (Å²) in [6.45, 7) is 0.0889. The first-order valence-electron chi connectivity index (χ1n) is 9.67. The molecule has 1 amide bonds. The SMILES string of the molecule is COC(=O)Cc1ccc(-n2ccc3cc(C(=O)N4CCC(F)(F)CC4)cnc32)cc1. The molecule has 0 saturated carbocycles. The van der Waals surface area contributed by atoms with E-state index in [-0.39, 0.29) is 44.2 Å². The minimum Gasteiger partial charge on any atom is -0.469 e. The number of alkyl halides is 2. The second-order valence-corrected chi connectivity index (χ2v) is 7.39. The molecule has 30 heavy (non-hydrogen) atoms. The molecule has 4 rings (SSSR count). The van der Waals surface area contributed by atoms with Crippen LogP contribution in [-0.4, -0.2) is 52.4 Å². The molecular weight excluding hydrogens is 392 g/mol. The van der Waals surface area contributed by atoms with Crippen molar-refractivity contribution in [1.82, 2.24) is 14.5 Å². The second-order valence-electron chi connectivity index (χ2n) is 7.39. The molecule has 0 N–H and O–H groups in total. The fourth-order valence-electron chi connectivity index (χ4n) is 3.58. The molecule has 0 spiro atoms. The Balaban J connectivity index is 1.54. The van der Waals surface area contributed by atoms with Crippen LogP contribution in [0, 0.1) is 0 Å². The molecule has 0 atom stereocenters. The van der Waals surface area contributed by atoms with Gasteiger partial charge in [0.1, 0.15) is 5.65 Å². The minimum absolute atomic E-state index is 0.0444. The first-order chi connectivity index (χ1) is 14.4. The van der Waals surface area contributed by atoms with Crippen molar-refractivity contribution in [3.63, 3.8) is 0 Å². The van der Waals surface area contributed by atoms with Crippen molar-refractivity contribution in [2.75, 3.05) is 20.2 Å². The number of halogens is 2. The van der Waals surface area contributed by atoms with E-state index in [1.54, 1.807) is 6.07 Å². The highest BCUT2D eigenvalue weighted by atomic mass is 19.3. The van der Waals surface area contributed by atoms with Gasteiger partial charge < -0.3 is 14.2 Å². The van der Waals surface area contributed by atoms with Crippen LogP contribution in [0.3, 0.4) is 0 Å². The van der Waals surface area contributed by atoms with Crippen molar-refractivity contribution >= 4 is 22.9 Å². The third-order valence-electron chi connectivity index (χ3n) is 5.35. The molecule has 1 fully saturated rings. The largest absolute Gasteiger partial charge is 0.469 e. The lowest BCUT2D eigenvalue weighted by Crippen LogP contribution is -2.42. The number of likely N-dealkylation sites (tertiary alicyclic amines) is 1. The third kappa shape index (κ3) is 4.03. The Kier molecular flexibility index (Phi) is 5.24. The average molecular weight is 413 g/mol. The molecular formula is C22H21F2N3O3. The maximum Gasteiger partial charge on any atom is 0.309 e. The van der Waals surface area contributed by atoms with E-state index >= 15 is 0 Å². The van der Waals surface area contributed by atoms with Crippen molar-refractivity contribution in [1.29, 1.82) is 0 Å². The number of hydrogen-bond acceptors (Lipinski definition) is 4. The van der Waals surface area contributed by atoms with E-state index in [0.29, 0.717) is 11.2 Å². The van der Waals surface area contributed by atoms with Crippen LogP contribution < -0.4 is 0 Å². The average Bonchev–Trinajstić information content (AvgIpc) is 3.17. The number of aromatic nitrogens is 2. The number of carbonyl (C=O) groups is 2. The van der Waals surface area contributed by atoms with E-state index < -0.39 is 5.92 Å². The van der Waals surface area contributed by atoms with Gasteiger partial charge in [0.15, 0.2) is 0 Å². The Morgan fingerprint density at radius 3 is 2.50 bits per heavy atom. The third-order valence-corrected chi connectivity index (χ3v) is 5.35. The predicted octanol–water partition coefficient (Wildman–Crippen LogP) is 3.61. The zero-order valence-electron chi connectivity index (χ0n) is 16.5. The molecule has 156 valence electrons. The van der Waals surface area contributed by atoms with Crippen molar-refractivity contribution in [3.8, 4) is 5.69 Å². The molecule has 3 aromatic rings. The van der Waals surface area contributed by atoms with Gasteiger partial charge in [-0.2, -0.15) is 0 Å². The monoisotopic (exact) mass is 413 g/mol. The van der Waals surface area contributed by atoms with E-state index in [1.165, 1.54) is 18.2 Å². The summed E-state index contributed by atoms with van der Waals surface area (Å²) >= 11 is 0. The van der Waals surface area contributed by atoms with Crippen LogP contribution in [0.2, 0.25) is 0 Å². The Hall–Kier alpha value is -3.29. The first kappa shape index (κ1) is 20.0. The van der Waals surface area contributed by atoms with E-state index in [9.17, 15) is 18.4 Å². The lowest BCUT2D eigenvalue weighted by Gasteiger charge is -2.31. The molecule has 0 aliphatic carbocycles. The van der Waals surface area contributed by atoms with Crippen LogP contribution >= 0.6 is 0 Å². The van der Waals surface area contributed by atoms with Crippen LogP contribution in [0.4, 0.5) is 8.78 Å². The van der Waals surface area contributed by atoms with Gasteiger partial charge in [-0.05, 0) is 29.8 Å². The van der Waals surface area contributed by atoms with E-state index in [1.807, 2.05) is 41.1 Å². The number of ether oxygens (including phenoxy) is 1. The number of fused-ring (bicyclic) bond motifs is 1. The van der Waals surface area contributed by atoms with Crippen LogP contribution in [0.15, 0.2) is 48.8 Å². The van der Waals surface area contributed by atoms with Crippen molar-refractivity contribution < 1.29 is 23.1 Å². The number of hydrogen-bond donors (Lipinski definition) is 0.